The maximum Gasteiger partial charge on any atom is 0.331 e. The highest BCUT2D eigenvalue weighted by atomic mass is 16.6. The highest BCUT2D eigenvalue weighted by Crippen LogP contribution is 2.24. The van der Waals surface area contributed by atoms with Gasteiger partial charge in [0.2, 0.25) is 5.82 Å². The topological polar surface area (TPSA) is 107 Å². The molecule has 7 nitrogen and oxygen atoms in total. The summed E-state index contributed by atoms with van der Waals surface area (Å²) < 4.78 is 1.23. The van der Waals surface area contributed by atoms with Crippen molar-refractivity contribution in [3.8, 4) is 11.4 Å². The molecule has 16 heavy (non-hydrogen) atoms. The summed E-state index contributed by atoms with van der Waals surface area (Å²) in [7, 11) is 0. The minimum Gasteiger partial charge on any atom is -0.508 e. The van der Waals surface area contributed by atoms with E-state index in [0.29, 0.717) is 5.69 Å². The Bertz CT molecular complexity index is 532. The lowest BCUT2D eigenvalue weighted by Gasteiger charge is -2.02. The third kappa shape index (κ3) is 1.54. The van der Waals surface area contributed by atoms with E-state index in [0.717, 1.165) is 6.20 Å². The average Bonchev–Trinajstić information content (AvgIpc) is 2.61. The second-order valence-corrected chi connectivity index (χ2v) is 3.10. The van der Waals surface area contributed by atoms with Crippen LogP contribution < -0.4 is 5.73 Å². The first-order valence-corrected chi connectivity index (χ1v) is 4.37. The van der Waals surface area contributed by atoms with Gasteiger partial charge in [-0.15, -0.1) is 0 Å². The number of nitrogens with two attached hydrogens (primary N) is 1. The molecule has 0 amide bonds. The third-order valence-corrected chi connectivity index (χ3v) is 2.08. The number of nitro groups is 1. The summed E-state index contributed by atoms with van der Waals surface area (Å²) in [5.41, 5.74) is 5.87. The molecule has 0 radical (unpaired) electrons. The summed E-state index contributed by atoms with van der Waals surface area (Å²) in [4.78, 5) is 9.95. The van der Waals surface area contributed by atoms with E-state index < -0.39 is 4.92 Å². The molecule has 0 aliphatic heterocycles. The quantitative estimate of drug-likeness (QED) is 0.581. The number of phenolic OH excluding ortho intramolecular Hbond substituents is 1. The molecule has 0 bridgehead atoms. The fraction of sp³-hybridized carbons (Fsp3) is 0. The van der Waals surface area contributed by atoms with Gasteiger partial charge in [0.15, 0.2) is 0 Å². The van der Waals surface area contributed by atoms with Crippen LogP contribution in [-0.2, 0) is 0 Å². The van der Waals surface area contributed by atoms with Gasteiger partial charge in [0, 0.05) is 0 Å². The number of nitrogens with zero attached hydrogens (tertiary/aromatic N) is 3. The third-order valence-electron chi connectivity index (χ3n) is 2.08. The summed E-state index contributed by atoms with van der Waals surface area (Å²) in [5, 5.41) is 23.5. The largest absolute Gasteiger partial charge is 0.508 e. The Morgan fingerprint density at radius 2 is 2.00 bits per heavy atom. The molecular formula is C9H8N4O3. The van der Waals surface area contributed by atoms with E-state index in [2.05, 4.69) is 5.10 Å². The van der Waals surface area contributed by atoms with Crippen molar-refractivity contribution in [1.29, 1.82) is 0 Å². The maximum atomic E-state index is 10.6. The molecule has 1 aromatic carbocycles. The molecule has 1 heterocycles. The van der Waals surface area contributed by atoms with Crippen molar-refractivity contribution in [2.24, 2.45) is 0 Å². The van der Waals surface area contributed by atoms with Crippen molar-refractivity contribution in [1.82, 2.24) is 9.78 Å². The number of aromatic hydroxyl groups is 1. The molecular weight excluding hydrogens is 212 g/mol. The van der Waals surface area contributed by atoms with Crippen LogP contribution in [0.25, 0.3) is 5.69 Å². The van der Waals surface area contributed by atoms with Gasteiger partial charge in [0.25, 0.3) is 0 Å². The average molecular weight is 220 g/mol. The van der Waals surface area contributed by atoms with Crippen molar-refractivity contribution in [2.45, 2.75) is 0 Å². The molecule has 2 rings (SSSR count). The van der Waals surface area contributed by atoms with Gasteiger partial charge in [-0.3, -0.25) is 10.1 Å². The van der Waals surface area contributed by atoms with Gasteiger partial charge >= 0.3 is 5.69 Å². The molecule has 0 aliphatic rings. The molecule has 1 aromatic heterocycles. The molecule has 0 fully saturated rings. The van der Waals surface area contributed by atoms with E-state index in [1.807, 2.05) is 0 Å². The fourth-order valence-corrected chi connectivity index (χ4v) is 1.29. The second-order valence-electron chi connectivity index (χ2n) is 3.10. The first-order chi connectivity index (χ1) is 7.59. The number of hydrogen-bond donors (Lipinski definition) is 2. The van der Waals surface area contributed by atoms with Crippen LogP contribution in [0.1, 0.15) is 0 Å². The Balaban J connectivity index is 2.49. The number of nitrogen functional groups attached to an aromatic ring is 1. The lowest BCUT2D eigenvalue weighted by Crippen LogP contribution is -2.02. The van der Waals surface area contributed by atoms with Gasteiger partial charge < -0.3 is 10.8 Å². The predicted molar refractivity (Wildman–Crippen MR) is 56.3 cm³/mol. The number of anilines is 1. The van der Waals surface area contributed by atoms with Gasteiger partial charge in [-0.2, -0.15) is 5.10 Å². The summed E-state index contributed by atoms with van der Waals surface area (Å²) in [6.07, 6.45) is 1.09. The van der Waals surface area contributed by atoms with Crippen LogP contribution in [0.2, 0.25) is 0 Å². The van der Waals surface area contributed by atoms with Crippen LogP contribution in [-0.4, -0.2) is 19.8 Å². The molecule has 0 spiro atoms. The molecule has 7 heteroatoms. The van der Waals surface area contributed by atoms with Gasteiger partial charge in [-0.1, -0.05) is 0 Å². The molecule has 0 saturated carbocycles. The Labute approximate surface area is 89.9 Å². The van der Waals surface area contributed by atoms with Crippen LogP contribution in [0, 0.1) is 10.1 Å². The van der Waals surface area contributed by atoms with Gasteiger partial charge in [-0.05, 0) is 24.3 Å². The normalized spacial score (nSPS) is 10.2. The minimum atomic E-state index is -0.598. The van der Waals surface area contributed by atoms with Gasteiger partial charge in [0.05, 0.1) is 10.6 Å². The van der Waals surface area contributed by atoms with Crippen LogP contribution >= 0.6 is 0 Å². The Morgan fingerprint density at radius 3 is 2.50 bits per heavy atom. The molecule has 2 aromatic rings. The number of phenols is 1. The maximum absolute atomic E-state index is 10.6. The Kier molecular flexibility index (Phi) is 2.20. The van der Waals surface area contributed by atoms with E-state index in [1.54, 1.807) is 12.1 Å². The number of hydrogen-bond acceptors (Lipinski definition) is 5. The highest BCUT2D eigenvalue weighted by Gasteiger charge is 2.18. The summed E-state index contributed by atoms with van der Waals surface area (Å²) >= 11 is 0. The minimum absolute atomic E-state index is 0.0457. The highest BCUT2D eigenvalue weighted by molar-refractivity contribution is 5.56. The Morgan fingerprint density at radius 1 is 1.38 bits per heavy atom. The van der Waals surface area contributed by atoms with Crippen molar-refractivity contribution in [2.75, 3.05) is 5.73 Å². The van der Waals surface area contributed by atoms with E-state index >= 15 is 0 Å². The Hall–Kier alpha value is -2.57. The van der Waals surface area contributed by atoms with Crippen LogP contribution in [0.5, 0.6) is 5.75 Å². The zero-order valence-electron chi connectivity index (χ0n) is 8.07. The molecule has 0 atom stereocenters. The fourth-order valence-electron chi connectivity index (χ4n) is 1.29. The first-order valence-electron chi connectivity index (χ1n) is 4.37. The van der Waals surface area contributed by atoms with Crippen molar-refractivity contribution >= 4 is 11.5 Å². The first kappa shape index (κ1) is 9.97. The molecule has 0 aliphatic carbocycles. The number of rotatable bonds is 2. The predicted octanol–water partition coefficient (Wildman–Crippen LogP) is 1.07. The smallest absolute Gasteiger partial charge is 0.331 e. The summed E-state index contributed by atoms with van der Waals surface area (Å²) in [5.74, 6) is 0.0552. The van der Waals surface area contributed by atoms with Crippen molar-refractivity contribution in [3.63, 3.8) is 0 Å². The summed E-state index contributed by atoms with van der Waals surface area (Å²) in [6.45, 7) is 0. The van der Waals surface area contributed by atoms with E-state index in [1.165, 1.54) is 16.8 Å². The lowest BCUT2D eigenvalue weighted by atomic mass is 10.3. The molecule has 3 N–H and O–H groups in total. The number of aromatic nitrogens is 2. The number of benzene rings is 1. The van der Waals surface area contributed by atoms with Crippen molar-refractivity contribution in [3.05, 3.63) is 40.6 Å². The van der Waals surface area contributed by atoms with E-state index in [9.17, 15) is 10.1 Å². The zero-order chi connectivity index (χ0) is 11.7. The zero-order valence-corrected chi connectivity index (χ0v) is 8.07. The van der Waals surface area contributed by atoms with E-state index in [-0.39, 0.29) is 17.3 Å². The monoisotopic (exact) mass is 220 g/mol. The molecule has 0 unspecified atom stereocenters. The lowest BCUT2D eigenvalue weighted by molar-refractivity contribution is -0.383. The standard InChI is InChI=1S/C9H8N4O3/c10-9-8(13(15)16)5-11-12(9)6-1-3-7(14)4-2-6/h1-5,14H,10H2. The summed E-state index contributed by atoms with van der Waals surface area (Å²) in [6, 6.07) is 6.01. The van der Waals surface area contributed by atoms with Crippen LogP contribution in [0.15, 0.2) is 30.5 Å². The van der Waals surface area contributed by atoms with Gasteiger partial charge in [0.1, 0.15) is 11.9 Å². The molecule has 82 valence electrons. The van der Waals surface area contributed by atoms with Crippen LogP contribution in [0.3, 0.4) is 0 Å². The van der Waals surface area contributed by atoms with Crippen molar-refractivity contribution < 1.29 is 10.0 Å². The second kappa shape index (κ2) is 3.54. The molecule has 0 saturated heterocycles. The SMILES string of the molecule is Nc1c([N+](=O)[O-])cnn1-c1ccc(O)cc1. The van der Waals surface area contributed by atoms with Gasteiger partial charge in [-0.25, -0.2) is 4.68 Å². The van der Waals surface area contributed by atoms with E-state index in [4.69, 9.17) is 10.8 Å². The van der Waals surface area contributed by atoms with Crippen LogP contribution in [0.4, 0.5) is 11.5 Å².